The van der Waals surface area contributed by atoms with E-state index in [1.165, 1.54) is 27.8 Å². The lowest BCUT2D eigenvalue weighted by Crippen LogP contribution is -2.22. The van der Waals surface area contributed by atoms with Crippen molar-refractivity contribution >= 4 is 17.2 Å². The molecule has 0 radical (unpaired) electrons. The van der Waals surface area contributed by atoms with Crippen LogP contribution >= 0.6 is 0 Å². The number of allylic oxidation sites excluding steroid dienone is 3. The molecule has 47 heavy (non-hydrogen) atoms. The number of hydrogen-bond donors (Lipinski definition) is 0. The summed E-state index contributed by atoms with van der Waals surface area (Å²) in [5.41, 5.74) is 11.6. The highest BCUT2D eigenvalue weighted by Crippen LogP contribution is 2.50. The molecule has 0 bridgehead atoms. The van der Waals surface area contributed by atoms with Crippen molar-refractivity contribution in [3.05, 3.63) is 174 Å². The van der Waals surface area contributed by atoms with Crippen molar-refractivity contribution in [2.45, 2.75) is 24.9 Å². The highest BCUT2D eigenvalue weighted by molar-refractivity contribution is 5.93. The Kier molecular flexibility index (Phi) is 6.71. The molecule has 224 valence electrons. The first-order chi connectivity index (χ1) is 23.3. The third-order valence-electron chi connectivity index (χ3n) is 9.39. The summed E-state index contributed by atoms with van der Waals surface area (Å²) in [7, 11) is 0. The topological polar surface area (TPSA) is 47.9 Å². The quantitative estimate of drug-likeness (QED) is 0.196. The van der Waals surface area contributed by atoms with Crippen LogP contribution < -0.4 is 4.74 Å². The van der Waals surface area contributed by atoms with Crippen LogP contribution in [0.5, 0.6) is 5.75 Å². The average molecular weight is 606 g/mol. The molecule has 9 rings (SSSR count). The monoisotopic (exact) mass is 605 g/mol. The Morgan fingerprint density at radius 2 is 1.17 bits per heavy atom. The summed E-state index contributed by atoms with van der Waals surface area (Å²) < 4.78 is 6.67. The predicted molar refractivity (Wildman–Crippen MR) is 189 cm³/mol. The summed E-state index contributed by atoms with van der Waals surface area (Å²) in [5.74, 6) is 2.85. The number of nitrogens with zero attached hydrogens (tertiary/aromatic N) is 3. The Morgan fingerprint density at radius 3 is 1.87 bits per heavy atom. The van der Waals surface area contributed by atoms with E-state index in [0.717, 1.165) is 46.4 Å². The largest absolute Gasteiger partial charge is 0.485 e. The molecule has 0 fully saturated rings. The van der Waals surface area contributed by atoms with Crippen LogP contribution in [-0.4, -0.2) is 21.1 Å². The maximum Gasteiger partial charge on any atom is 0.164 e. The normalized spacial score (nSPS) is 17.5. The average Bonchev–Trinajstić information content (AvgIpc) is 3.53. The SMILES string of the molecule is C1=Cc2c(C3=CC4Oc5ccccc5C4C(c4nc(-c5ccccc5)nc(-c5ccccc5)n4)=C3)ccc(-c3ccccc3)c2CC1. The van der Waals surface area contributed by atoms with Crippen molar-refractivity contribution < 1.29 is 4.74 Å². The zero-order chi connectivity index (χ0) is 31.2. The van der Waals surface area contributed by atoms with E-state index in [4.69, 9.17) is 19.7 Å². The van der Waals surface area contributed by atoms with E-state index in [2.05, 4.69) is 109 Å². The molecule has 2 atom stereocenters. The molecule has 0 saturated carbocycles. The van der Waals surface area contributed by atoms with Gasteiger partial charge in [-0.3, -0.25) is 0 Å². The third kappa shape index (κ3) is 4.90. The molecule has 4 heteroatoms. The molecule has 1 aromatic heterocycles. The van der Waals surface area contributed by atoms with Gasteiger partial charge in [0.25, 0.3) is 0 Å². The minimum Gasteiger partial charge on any atom is -0.485 e. The summed E-state index contributed by atoms with van der Waals surface area (Å²) in [6, 6.07) is 44.0. The van der Waals surface area contributed by atoms with Gasteiger partial charge in [0, 0.05) is 22.3 Å². The van der Waals surface area contributed by atoms with Crippen LogP contribution in [0.15, 0.2) is 146 Å². The first-order valence-corrected chi connectivity index (χ1v) is 16.2. The third-order valence-corrected chi connectivity index (χ3v) is 9.39. The lowest BCUT2D eigenvalue weighted by molar-refractivity contribution is 0.272. The van der Waals surface area contributed by atoms with E-state index in [1.54, 1.807) is 0 Å². The lowest BCUT2D eigenvalue weighted by atomic mass is 9.78. The number of benzene rings is 5. The van der Waals surface area contributed by atoms with E-state index in [1.807, 2.05) is 42.5 Å². The van der Waals surface area contributed by atoms with Crippen LogP contribution in [0.25, 0.3) is 51.1 Å². The molecule has 4 nitrogen and oxygen atoms in total. The predicted octanol–water partition coefficient (Wildman–Crippen LogP) is 9.86. The van der Waals surface area contributed by atoms with Crippen molar-refractivity contribution in [1.29, 1.82) is 0 Å². The number of hydrogen-bond acceptors (Lipinski definition) is 4. The molecule has 2 heterocycles. The molecule has 5 aromatic carbocycles. The second-order valence-electron chi connectivity index (χ2n) is 12.2. The summed E-state index contributed by atoms with van der Waals surface area (Å²) >= 11 is 0. The van der Waals surface area contributed by atoms with Gasteiger partial charge in [0.05, 0.1) is 5.92 Å². The van der Waals surface area contributed by atoms with Crippen molar-refractivity contribution in [2.75, 3.05) is 0 Å². The molecular weight excluding hydrogens is 574 g/mol. The maximum absolute atomic E-state index is 6.67. The number of fused-ring (bicyclic) bond motifs is 4. The van der Waals surface area contributed by atoms with Gasteiger partial charge >= 0.3 is 0 Å². The Labute approximate surface area is 274 Å². The standard InChI is InChI=1S/C43H31N3O/c1-4-14-28(15-5-1)32-24-25-33(35-21-11-10-20-34(32)35)31-26-37(40-36-22-12-13-23-38(36)47-39(40)27-31)43-45-41(29-16-6-2-7-17-29)44-42(46-43)30-18-8-3-9-19-30/h1-9,11-19,21-27,39-40H,10,20H2. The fourth-order valence-electron chi connectivity index (χ4n) is 7.20. The van der Waals surface area contributed by atoms with Crippen LogP contribution in [0.1, 0.15) is 40.4 Å². The molecule has 1 aliphatic heterocycles. The van der Waals surface area contributed by atoms with Crippen LogP contribution in [0, 0.1) is 0 Å². The first kappa shape index (κ1) is 27.4. The zero-order valence-electron chi connectivity index (χ0n) is 25.8. The zero-order valence-corrected chi connectivity index (χ0v) is 25.8. The molecule has 6 aromatic rings. The number of rotatable bonds is 5. The fourth-order valence-corrected chi connectivity index (χ4v) is 7.20. The van der Waals surface area contributed by atoms with Crippen LogP contribution in [0.3, 0.4) is 0 Å². The maximum atomic E-state index is 6.67. The van der Waals surface area contributed by atoms with E-state index in [9.17, 15) is 0 Å². The van der Waals surface area contributed by atoms with E-state index < -0.39 is 0 Å². The van der Waals surface area contributed by atoms with Crippen molar-refractivity contribution in [3.63, 3.8) is 0 Å². The Morgan fingerprint density at radius 1 is 0.574 bits per heavy atom. The highest BCUT2D eigenvalue weighted by atomic mass is 16.5. The van der Waals surface area contributed by atoms with Crippen molar-refractivity contribution in [1.82, 2.24) is 15.0 Å². The van der Waals surface area contributed by atoms with Crippen LogP contribution in [0.4, 0.5) is 0 Å². The molecule has 0 saturated heterocycles. The number of ether oxygens (including phenoxy) is 1. The van der Waals surface area contributed by atoms with Gasteiger partial charge in [-0.05, 0) is 64.5 Å². The Bertz CT molecular complexity index is 2160. The second kappa shape index (κ2) is 11.5. The molecule has 0 N–H and O–H groups in total. The van der Waals surface area contributed by atoms with Gasteiger partial charge in [-0.25, -0.2) is 15.0 Å². The van der Waals surface area contributed by atoms with Gasteiger partial charge in [-0.15, -0.1) is 0 Å². The summed E-state index contributed by atoms with van der Waals surface area (Å²) in [5, 5.41) is 0. The van der Waals surface area contributed by atoms with Crippen molar-refractivity contribution in [3.8, 4) is 39.7 Å². The van der Waals surface area contributed by atoms with Crippen LogP contribution in [0.2, 0.25) is 0 Å². The molecule has 0 spiro atoms. The van der Waals surface area contributed by atoms with Crippen molar-refractivity contribution in [2.24, 2.45) is 0 Å². The second-order valence-corrected chi connectivity index (χ2v) is 12.2. The van der Waals surface area contributed by atoms with Gasteiger partial charge in [0.1, 0.15) is 11.9 Å². The van der Waals surface area contributed by atoms with Gasteiger partial charge < -0.3 is 4.74 Å². The molecule has 0 amide bonds. The molecular formula is C43H31N3O. The minimum atomic E-state index is -0.184. The van der Waals surface area contributed by atoms with Gasteiger partial charge in [-0.1, -0.05) is 133 Å². The minimum absolute atomic E-state index is 0.0421. The smallest absolute Gasteiger partial charge is 0.164 e. The first-order valence-electron chi connectivity index (χ1n) is 16.2. The Balaban J connectivity index is 1.25. The van der Waals surface area contributed by atoms with Gasteiger partial charge in [0.15, 0.2) is 17.5 Å². The summed E-state index contributed by atoms with van der Waals surface area (Å²) in [6.07, 6.45) is 11.1. The van der Waals surface area contributed by atoms with E-state index in [0.29, 0.717) is 17.5 Å². The summed E-state index contributed by atoms with van der Waals surface area (Å²) in [4.78, 5) is 15.3. The number of para-hydroxylation sites is 1. The lowest BCUT2D eigenvalue weighted by Gasteiger charge is -2.27. The molecule has 3 aliphatic rings. The highest BCUT2D eigenvalue weighted by Gasteiger charge is 2.40. The fraction of sp³-hybridized carbons (Fsp3) is 0.0930. The van der Waals surface area contributed by atoms with E-state index in [-0.39, 0.29) is 12.0 Å². The Hall–Kier alpha value is -5.87. The van der Waals surface area contributed by atoms with Gasteiger partial charge in [-0.2, -0.15) is 0 Å². The summed E-state index contributed by atoms with van der Waals surface area (Å²) in [6.45, 7) is 0. The van der Waals surface area contributed by atoms with Crippen LogP contribution in [-0.2, 0) is 6.42 Å². The molecule has 2 aliphatic carbocycles. The molecule has 2 unspecified atom stereocenters. The van der Waals surface area contributed by atoms with Gasteiger partial charge in [0.2, 0.25) is 0 Å². The van der Waals surface area contributed by atoms with E-state index >= 15 is 0 Å². The number of aromatic nitrogens is 3.